The topological polar surface area (TPSA) is 50.4 Å². The van der Waals surface area contributed by atoms with Crippen LogP contribution in [-0.2, 0) is 11.2 Å². The largest absolute Gasteiger partial charge is 0.450 e. The third-order valence-electron chi connectivity index (χ3n) is 3.93. The van der Waals surface area contributed by atoms with E-state index in [1.807, 2.05) is 18.2 Å². The monoisotopic (exact) mass is 314 g/mol. The highest BCUT2D eigenvalue weighted by atomic mass is 19.1. The van der Waals surface area contributed by atoms with E-state index in [1.54, 1.807) is 19.1 Å². The number of hydrogen-bond acceptors (Lipinski definition) is 3. The Labute approximate surface area is 134 Å². The number of ether oxygens (including phenoxy) is 1. The predicted molar refractivity (Wildman–Crippen MR) is 88.2 cm³/mol. The summed E-state index contributed by atoms with van der Waals surface area (Å²) in [6.45, 7) is 2.12. The van der Waals surface area contributed by atoms with Crippen LogP contribution < -0.4 is 10.6 Å². The molecule has 0 saturated carbocycles. The van der Waals surface area contributed by atoms with Crippen molar-refractivity contribution in [1.29, 1.82) is 0 Å². The fourth-order valence-electron chi connectivity index (χ4n) is 2.88. The van der Waals surface area contributed by atoms with E-state index in [4.69, 9.17) is 4.74 Å². The number of benzene rings is 2. The Morgan fingerprint density at radius 2 is 1.96 bits per heavy atom. The minimum absolute atomic E-state index is 0.201. The van der Waals surface area contributed by atoms with Crippen LogP contribution in [0.3, 0.4) is 0 Å². The van der Waals surface area contributed by atoms with Crippen LogP contribution in [0.2, 0.25) is 0 Å². The maximum Gasteiger partial charge on any atom is 0.411 e. The molecule has 5 heteroatoms. The Balaban J connectivity index is 1.70. The van der Waals surface area contributed by atoms with Gasteiger partial charge in [0.1, 0.15) is 5.82 Å². The van der Waals surface area contributed by atoms with E-state index in [0.29, 0.717) is 6.61 Å². The standard InChI is InChI=1S/C18H19FN2O2/c1-2-23-18(22)21-15-8-9-16-12(11-15)3-10-17(16)20-14-6-4-13(19)5-7-14/h4-9,11,17,20H,2-3,10H2,1H3,(H,21,22). The molecule has 1 aliphatic rings. The zero-order valence-electron chi connectivity index (χ0n) is 12.9. The third kappa shape index (κ3) is 3.62. The van der Waals surface area contributed by atoms with Gasteiger partial charge in [-0.2, -0.15) is 0 Å². The maximum absolute atomic E-state index is 13.0. The molecule has 3 rings (SSSR count). The molecule has 1 aliphatic carbocycles. The van der Waals surface area contributed by atoms with Crippen LogP contribution in [-0.4, -0.2) is 12.7 Å². The fourth-order valence-corrected chi connectivity index (χ4v) is 2.88. The second-order valence-electron chi connectivity index (χ2n) is 5.50. The highest BCUT2D eigenvalue weighted by Gasteiger charge is 2.22. The summed E-state index contributed by atoms with van der Waals surface area (Å²) in [5.74, 6) is -0.239. The highest BCUT2D eigenvalue weighted by molar-refractivity contribution is 5.84. The van der Waals surface area contributed by atoms with E-state index < -0.39 is 6.09 Å². The number of nitrogens with one attached hydrogen (secondary N) is 2. The van der Waals surface area contributed by atoms with Crippen LogP contribution >= 0.6 is 0 Å². The zero-order chi connectivity index (χ0) is 16.2. The summed E-state index contributed by atoms with van der Waals surface area (Å²) in [7, 11) is 0. The summed E-state index contributed by atoms with van der Waals surface area (Å²) in [5, 5.41) is 6.15. The average Bonchev–Trinajstić information content (AvgIpc) is 2.92. The van der Waals surface area contributed by atoms with E-state index in [9.17, 15) is 9.18 Å². The van der Waals surface area contributed by atoms with E-state index in [1.165, 1.54) is 23.3 Å². The van der Waals surface area contributed by atoms with Crippen LogP contribution in [0, 0.1) is 5.82 Å². The minimum atomic E-state index is -0.438. The Bertz CT molecular complexity index is 701. The third-order valence-corrected chi connectivity index (χ3v) is 3.93. The van der Waals surface area contributed by atoms with Crippen molar-refractivity contribution in [3.63, 3.8) is 0 Å². The van der Waals surface area contributed by atoms with Crippen LogP contribution in [0.25, 0.3) is 0 Å². The van der Waals surface area contributed by atoms with Gasteiger partial charge in [-0.25, -0.2) is 9.18 Å². The van der Waals surface area contributed by atoms with Gasteiger partial charge in [-0.05, 0) is 67.3 Å². The Kier molecular flexibility index (Phi) is 4.46. The lowest BCUT2D eigenvalue weighted by Crippen LogP contribution is -2.13. The van der Waals surface area contributed by atoms with Crippen molar-refractivity contribution in [3.05, 3.63) is 59.4 Å². The molecular formula is C18H19FN2O2. The molecule has 0 saturated heterocycles. The second kappa shape index (κ2) is 6.69. The Hall–Kier alpha value is -2.56. The first-order valence-electron chi connectivity index (χ1n) is 7.74. The first kappa shape index (κ1) is 15.3. The Morgan fingerprint density at radius 3 is 2.70 bits per heavy atom. The summed E-state index contributed by atoms with van der Waals surface area (Å²) in [5.41, 5.74) is 4.06. The number of aryl methyl sites for hydroxylation is 1. The van der Waals surface area contributed by atoms with Crippen molar-refractivity contribution in [1.82, 2.24) is 0 Å². The van der Waals surface area contributed by atoms with Gasteiger partial charge in [-0.3, -0.25) is 5.32 Å². The molecule has 2 aromatic carbocycles. The van der Waals surface area contributed by atoms with Crippen molar-refractivity contribution in [2.24, 2.45) is 0 Å². The minimum Gasteiger partial charge on any atom is -0.450 e. The zero-order valence-corrected chi connectivity index (χ0v) is 12.9. The quantitative estimate of drug-likeness (QED) is 0.874. The molecule has 2 N–H and O–H groups in total. The molecule has 0 radical (unpaired) electrons. The van der Waals surface area contributed by atoms with Gasteiger partial charge in [0.25, 0.3) is 0 Å². The number of halogens is 1. The van der Waals surface area contributed by atoms with Crippen molar-refractivity contribution in [2.75, 3.05) is 17.2 Å². The van der Waals surface area contributed by atoms with Crippen LogP contribution in [0.15, 0.2) is 42.5 Å². The number of fused-ring (bicyclic) bond motifs is 1. The molecule has 4 nitrogen and oxygen atoms in total. The van der Waals surface area contributed by atoms with Crippen LogP contribution in [0.1, 0.15) is 30.5 Å². The van der Waals surface area contributed by atoms with Crippen molar-refractivity contribution in [3.8, 4) is 0 Å². The lowest BCUT2D eigenvalue weighted by Gasteiger charge is -2.16. The fraction of sp³-hybridized carbons (Fsp3) is 0.278. The van der Waals surface area contributed by atoms with Gasteiger partial charge in [0.15, 0.2) is 0 Å². The molecule has 0 bridgehead atoms. The van der Waals surface area contributed by atoms with Gasteiger partial charge < -0.3 is 10.1 Å². The molecule has 1 unspecified atom stereocenters. The molecule has 2 aromatic rings. The molecular weight excluding hydrogens is 295 g/mol. The molecule has 0 spiro atoms. The summed E-state index contributed by atoms with van der Waals surface area (Å²) >= 11 is 0. The first-order chi connectivity index (χ1) is 11.2. The summed E-state index contributed by atoms with van der Waals surface area (Å²) < 4.78 is 17.9. The SMILES string of the molecule is CCOC(=O)Nc1ccc2c(c1)CCC2Nc1ccc(F)cc1. The van der Waals surface area contributed by atoms with Gasteiger partial charge in [-0.1, -0.05) is 6.07 Å². The normalized spacial score (nSPS) is 15.8. The summed E-state index contributed by atoms with van der Waals surface area (Å²) in [6.07, 6.45) is 1.47. The maximum atomic E-state index is 13.0. The number of anilines is 2. The van der Waals surface area contributed by atoms with E-state index >= 15 is 0 Å². The number of hydrogen-bond donors (Lipinski definition) is 2. The van der Waals surface area contributed by atoms with Gasteiger partial charge >= 0.3 is 6.09 Å². The van der Waals surface area contributed by atoms with Gasteiger partial charge in [-0.15, -0.1) is 0 Å². The molecule has 23 heavy (non-hydrogen) atoms. The van der Waals surface area contributed by atoms with E-state index in [-0.39, 0.29) is 11.9 Å². The van der Waals surface area contributed by atoms with E-state index in [2.05, 4.69) is 10.6 Å². The smallest absolute Gasteiger partial charge is 0.411 e. The molecule has 1 atom stereocenters. The number of rotatable bonds is 4. The van der Waals surface area contributed by atoms with Gasteiger partial charge in [0, 0.05) is 11.4 Å². The molecule has 0 fully saturated rings. The average molecular weight is 314 g/mol. The predicted octanol–water partition coefficient (Wildman–Crippen LogP) is 4.49. The molecule has 0 heterocycles. The highest BCUT2D eigenvalue weighted by Crippen LogP contribution is 2.35. The lowest BCUT2D eigenvalue weighted by atomic mass is 10.1. The van der Waals surface area contributed by atoms with Crippen LogP contribution in [0.4, 0.5) is 20.6 Å². The molecule has 1 amide bonds. The van der Waals surface area contributed by atoms with Crippen molar-refractivity contribution in [2.45, 2.75) is 25.8 Å². The Morgan fingerprint density at radius 1 is 1.22 bits per heavy atom. The molecule has 0 aromatic heterocycles. The number of carbonyl (C=O) groups excluding carboxylic acids is 1. The van der Waals surface area contributed by atoms with Crippen molar-refractivity contribution < 1.29 is 13.9 Å². The second-order valence-corrected chi connectivity index (χ2v) is 5.50. The van der Waals surface area contributed by atoms with Crippen LogP contribution in [0.5, 0.6) is 0 Å². The first-order valence-corrected chi connectivity index (χ1v) is 7.74. The lowest BCUT2D eigenvalue weighted by molar-refractivity contribution is 0.168. The number of amides is 1. The molecule has 120 valence electrons. The molecule has 0 aliphatic heterocycles. The van der Waals surface area contributed by atoms with Gasteiger partial charge in [0.05, 0.1) is 12.6 Å². The summed E-state index contributed by atoms with van der Waals surface area (Å²) in [4.78, 5) is 11.5. The summed E-state index contributed by atoms with van der Waals surface area (Å²) in [6, 6.07) is 12.5. The van der Waals surface area contributed by atoms with Crippen molar-refractivity contribution >= 4 is 17.5 Å². The van der Waals surface area contributed by atoms with Gasteiger partial charge in [0.2, 0.25) is 0 Å². The van der Waals surface area contributed by atoms with E-state index in [0.717, 1.165) is 24.2 Å². The number of carbonyl (C=O) groups is 1.